The molecule has 5 nitrogen and oxygen atoms in total. The molecule has 1 unspecified atom stereocenters. The van der Waals surface area contributed by atoms with Crippen molar-refractivity contribution in [3.8, 4) is 28.4 Å². The summed E-state index contributed by atoms with van der Waals surface area (Å²) in [5.41, 5.74) is 3.83. The molecule has 1 aliphatic rings. The zero-order chi connectivity index (χ0) is 19.0. The van der Waals surface area contributed by atoms with Crippen LogP contribution in [0, 0.1) is 0 Å². The van der Waals surface area contributed by atoms with Gasteiger partial charge in [0.25, 0.3) is 0 Å². The number of ether oxygens (including phenoxy) is 2. The van der Waals surface area contributed by atoms with E-state index >= 15 is 0 Å². The SMILES string of the molecule is COc1ccc(-c2csc3c2NC(=O)CC3c2ccc(O)c(OC)c2)cc1. The third-order valence-electron chi connectivity index (χ3n) is 4.80. The number of fused-ring (bicyclic) bond motifs is 1. The Morgan fingerprint density at radius 3 is 2.59 bits per heavy atom. The molecule has 0 saturated heterocycles. The minimum absolute atomic E-state index is 0.0206. The summed E-state index contributed by atoms with van der Waals surface area (Å²) in [5.74, 6) is 1.20. The van der Waals surface area contributed by atoms with Crippen LogP contribution in [0.15, 0.2) is 47.8 Å². The topological polar surface area (TPSA) is 67.8 Å². The maximum atomic E-state index is 12.4. The fourth-order valence-electron chi connectivity index (χ4n) is 3.39. The molecule has 1 amide bonds. The van der Waals surface area contributed by atoms with Crippen LogP contribution < -0.4 is 14.8 Å². The molecule has 1 aromatic heterocycles. The van der Waals surface area contributed by atoms with Crippen LogP contribution in [0.4, 0.5) is 5.69 Å². The highest BCUT2D eigenvalue weighted by molar-refractivity contribution is 7.11. The van der Waals surface area contributed by atoms with E-state index in [1.54, 1.807) is 30.6 Å². The van der Waals surface area contributed by atoms with Crippen molar-refractivity contribution in [1.29, 1.82) is 0 Å². The number of anilines is 1. The van der Waals surface area contributed by atoms with Crippen molar-refractivity contribution in [3.05, 3.63) is 58.3 Å². The molecule has 0 aliphatic carbocycles. The predicted molar refractivity (Wildman–Crippen MR) is 106 cm³/mol. The van der Waals surface area contributed by atoms with Crippen LogP contribution >= 0.6 is 11.3 Å². The van der Waals surface area contributed by atoms with Crippen LogP contribution in [0.1, 0.15) is 22.8 Å². The molecule has 138 valence electrons. The van der Waals surface area contributed by atoms with Crippen molar-refractivity contribution in [2.75, 3.05) is 19.5 Å². The maximum absolute atomic E-state index is 12.4. The largest absolute Gasteiger partial charge is 0.504 e. The first kappa shape index (κ1) is 17.4. The van der Waals surface area contributed by atoms with Crippen LogP contribution in [0.5, 0.6) is 17.2 Å². The summed E-state index contributed by atoms with van der Waals surface area (Å²) in [4.78, 5) is 13.5. The van der Waals surface area contributed by atoms with Crippen molar-refractivity contribution >= 4 is 22.9 Å². The standard InChI is InChI=1S/C21H19NO4S/c1-25-14-6-3-12(4-7-14)16-11-27-21-15(10-19(24)22-20(16)21)13-5-8-17(23)18(9-13)26-2/h3-9,11,15,23H,10H2,1-2H3,(H,22,24). The number of amides is 1. The lowest BCUT2D eigenvalue weighted by Gasteiger charge is -2.24. The molecule has 0 spiro atoms. The highest BCUT2D eigenvalue weighted by Crippen LogP contribution is 2.47. The number of aromatic hydroxyl groups is 1. The Balaban J connectivity index is 1.77. The maximum Gasteiger partial charge on any atom is 0.225 e. The molecule has 0 bridgehead atoms. The van der Waals surface area contributed by atoms with Gasteiger partial charge in [-0.2, -0.15) is 0 Å². The summed E-state index contributed by atoms with van der Waals surface area (Å²) in [7, 11) is 3.16. The predicted octanol–water partition coefficient (Wildman–Crippen LogP) is 4.61. The first-order valence-electron chi connectivity index (χ1n) is 8.53. The van der Waals surface area contributed by atoms with Gasteiger partial charge in [0.1, 0.15) is 5.75 Å². The van der Waals surface area contributed by atoms with Gasteiger partial charge in [-0.3, -0.25) is 4.79 Å². The minimum Gasteiger partial charge on any atom is -0.504 e. The van der Waals surface area contributed by atoms with Gasteiger partial charge in [-0.05, 0) is 35.4 Å². The molecule has 2 N–H and O–H groups in total. The molecule has 27 heavy (non-hydrogen) atoms. The fraction of sp³-hybridized carbons (Fsp3) is 0.190. The van der Waals surface area contributed by atoms with E-state index in [2.05, 4.69) is 10.7 Å². The zero-order valence-corrected chi connectivity index (χ0v) is 15.8. The Hall–Kier alpha value is -2.99. The number of thiophene rings is 1. The van der Waals surface area contributed by atoms with Crippen molar-refractivity contribution in [3.63, 3.8) is 0 Å². The van der Waals surface area contributed by atoms with Crippen LogP contribution in [0.3, 0.4) is 0 Å². The van der Waals surface area contributed by atoms with Gasteiger partial charge < -0.3 is 19.9 Å². The van der Waals surface area contributed by atoms with Gasteiger partial charge in [0, 0.05) is 28.2 Å². The molecule has 1 aliphatic heterocycles. The molecule has 0 radical (unpaired) electrons. The number of hydrogen-bond donors (Lipinski definition) is 2. The van der Waals surface area contributed by atoms with Gasteiger partial charge in [-0.1, -0.05) is 18.2 Å². The van der Waals surface area contributed by atoms with Crippen molar-refractivity contribution in [1.82, 2.24) is 0 Å². The Labute approximate surface area is 161 Å². The van der Waals surface area contributed by atoms with Crippen molar-refractivity contribution < 1.29 is 19.4 Å². The normalized spacial score (nSPS) is 15.8. The highest BCUT2D eigenvalue weighted by atomic mass is 32.1. The molecule has 6 heteroatoms. The number of phenolic OH excluding ortho intramolecular Hbond substituents is 1. The fourth-order valence-corrected chi connectivity index (χ4v) is 4.55. The second kappa shape index (κ2) is 6.96. The van der Waals surface area contributed by atoms with Gasteiger partial charge in [-0.25, -0.2) is 0 Å². The Bertz CT molecular complexity index is 994. The molecule has 2 heterocycles. The van der Waals surface area contributed by atoms with Gasteiger partial charge in [0.15, 0.2) is 11.5 Å². The zero-order valence-electron chi connectivity index (χ0n) is 15.0. The van der Waals surface area contributed by atoms with Crippen LogP contribution in [-0.4, -0.2) is 25.2 Å². The number of nitrogens with one attached hydrogen (secondary N) is 1. The first-order valence-corrected chi connectivity index (χ1v) is 9.41. The smallest absolute Gasteiger partial charge is 0.225 e. The summed E-state index contributed by atoms with van der Waals surface area (Å²) in [5, 5.41) is 15.0. The second-order valence-corrected chi connectivity index (χ2v) is 7.26. The van der Waals surface area contributed by atoms with Crippen LogP contribution in [-0.2, 0) is 4.79 Å². The summed E-state index contributed by atoms with van der Waals surface area (Å²) in [6, 6.07) is 13.0. The number of hydrogen-bond acceptors (Lipinski definition) is 5. The molecular formula is C21H19NO4S. The molecule has 2 aromatic carbocycles. The highest BCUT2D eigenvalue weighted by Gasteiger charge is 2.30. The van der Waals surface area contributed by atoms with Crippen molar-refractivity contribution in [2.45, 2.75) is 12.3 Å². The lowest BCUT2D eigenvalue weighted by Crippen LogP contribution is -2.22. The lowest BCUT2D eigenvalue weighted by atomic mass is 9.89. The summed E-state index contributed by atoms with van der Waals surface area (Å²) in [6.45, 7) is 0. The average molecular weight is 381 g/mol. The lowest BCUT2D eigenvalue weighted by molar-refractivity contribution is -0.116. The second-order valence-electron chi connectivity index (χ2n) is 6.35. The molecule has 0 saturated carbocycles. The van der Waals surface area contributed by atoms with Crippen LogP contribution in [0.25, 0.3) is 11.1 Å². The number of rotatable bonds is 4. The van der Waals surface area contributed by atoms with E-state index in [-0.39, 0.29) is 17.6 Å². The van der Waals surface area contributed by atoms with Gasteiger partial charge in [0.05, 0.1) is 19.9 Å². The molecule has 1 atom stereocenters. The van der Waals surface area contributed by atoms with E-state index in [9.17, 15) is 9.90 Å². The van der Waals surface area contributed by atoms with E-state index in [0.717, 1.165) is 33.0 Å². The number of benzene rings is 2. The summed E-state index contributed by atoms with van der Waals surface area (Å²) < 4.78 is 10.5. The first-order chi connectivity index (χ1) is 13.1. The number of phenols is 1. The molecule has 4 rings (SSSR count). The monoisotopic (exact) mass is 381 g/mol. The number of carbonyl (C=O) groups is 1. The van der Waals surface area contributed by atoms with E-state index in [1.807, 2.05) is 30.3 Å². The van der Waals surface area contributed by atoms with E-state index in [0.29, 0.717) is 12.2 Å². The Morgan fingerprint density at radius 2 is 1.89 bits per heavy atom. The average Bonchev–Trinajstić information content (AvgIpc) is 3.11. The third kappa shape index (κ3) is 3.13. The van der Waals surface area contributed by atoms with E-state index < -0.39 is 0 Å². The molecule has 0 fully saturated rings. The molecular weight excluding hydrogens is 362 g/mol. The Morgan fingerprint density at radius 1 is 1.11 bits per heavy atom. The van der Waals surface area contributed by atoms with Gasteiger partial charge in [0.2, 0.25) is 5.91 Å². The quantitative estimate of drug-likeness (QED) is 0.692. The van der Waals surface area contributed by atoms with E-state index in [1.165, 1.54) is 7.11 Å². The number of methoxy groups -OCH3 is 2. The summed E-state index contributed by atoms with van der Waals surface area (Å²) >= 11 is 1.63. The third-order valence-corrected chi connectivity index (χ3v) is 5.89. The van der Waals surface area contributed by atoms with Gasteiger partial charge >= 0.3 is 0 Å². The summed E-state index contributed by atoms with van der Waals surface area (Å²) in [6.07, 6.45) is 0.365. The van der Waals surface area contributed by atoms with Gasteiger partial charge in [-0.15, -0.1) is 11.3 Å². The minimum atomic E-state index is -0.0692. The molecule has 3 aromatic rings. The van der Waals surface area contributed by atoms with E-state index in [4.69, 9.17) is 9.47 Å². The van der Waals surface area contributed by atoms with Crippen molar-refractivity contribution in [2.24, 2.45) is 0 Å². The van der Waals surface area contributed by atoms with Crippen LogP contribution in [0.2, 0.25) is 0 Å². The number of carbonyl (C=O) groups excluding carboxylic acids is 1. The Kier molecular flexibility index (Phi) is 4.49.